The molecule has 0 atom stereocenters. The molecule has 0 saturated carbocycles. The summed E-state index contributed by atoms with van der Waals surface area (Å²) in [5.41, 5.74) is 3.84. The summed E-state index contributed by atoms with van der Waals surface area (Å²) in [6.07, 6.45) is 0.560. The number of rotatable bonds is 4. The lowest BCUT2D eigenvalue weighted by Gasteiger charge is -2.12. The summed E-state index contributed by atoms with van der Waals surface area (Å²) >= 11 is 0. The van der Waals surface area contributed by atoms with Crippen molar-refractivity contribution in [3.05, 3.63) is 59.2 Å². The van der Waals surface area contributed by atoms with Crippen molar-refractivity contribution >= 4 is 23.7 Å². The van der Waals surface area contributed by atoms with Gasteiger partial charge in [0, 0.05) is 5.69 Å². The predicted molar refractivity (Wildman–Crippen MR) is 80.0 cm³/mol. The van der Waals surface area contributed by atoms with Crippen LogP contribution in [0.4, 0.5) is 11.4 Å². The van der Waals surface area contributed by atoms with Crippen molar-refractivity contribution in [2.24, 2.45) is 0 Å². The van der Waals surface area contributed by atoms with Crippen molar-refractivity contribution in [2.45, 2.75) is 13.8 Å². The number of amides is 2. The molecule has 0 fully saturated rings. The number of aryl methyl sites for hydroxylation is 1. The maximum absolute atomic E-state index is 12.3. The molecule has 0 saturated heterocycles. The number of hydrogen-bond acceptors (Lipinski definition) is 2. The van der Waals surface area contributed by atoms with Crippen molar-refractivity contribution in [3.8, 4) is 0 Å². The average molecular weight is 268 g/mol. The summed E-state index contributed by atoms with van der Waals surface area (Å²) in [6.45, 7) is 3.95. The van der Waals surface area contributed by atoms with Crippen LogP contribution in [0.5, 0.6) is 0 Å². The molecule has 0 unspecified atom stereocenters. The first-order valence-electron chi connectivity index (χ1n) is 6.30. The molecule has 2 N–H and O–H groups in total. The van der Waals surface area contributed by atoms with Gasteiger partial charge in [0.15, 0.2) is 0 Å². The van der Waals surface area contributed by atoms with Crippen molar-refractivity contribution in [2.75, 3.05) is 10.6 Å². The molecule has 4 nitrogen and oxygen atoms in total. The minimum atomic E-state index is -0.247. The lowest BCUT2D eigenvalue weighted by molar-refractivity contribution is -0.105. The van der Waals surface area contributed by atoms with Crippen LogP contribution in [0.1, 0.15) is 21.5 Å². The first-order chi connectivity index (χ1) is 9.63. The zero-order chi connectivity index (χ0) is 14.5. The summed E-state index contributed by atoms with van der Waals surface area (Å²) < 4.78 is 0. The van der Waals surface area contributed by atoms with E-state index in [0.717, 1.165) is 16.8 Å². The van der Waals surface area contributed by atoms with E-state index in [1.54, 1.807) is 24.3 Å². The molecule has 4 heteroatoms. The Morgan fingerprint density at radius 2 is 1.70 bits per heavy atom. The quantitative estimate of drug-likeness (QED) is 0.837. The van der Waals surface area contributed by atoms with Crippen molar-refractivity contribution < 1.29 is 9.59 Å². The topological polar surface area (TPSA) is 58.2 Å². The number of nitrogens with one attached hydrogen (secondary N) is 2. The van der Waals surface area contributed by atoms with Gasteiger partial charge in [0.2, 0.25) is 6.41 Å². The summed E-state index contributed by atoms with van der Waals surface area (Å²) in [5, 5.41) is 5.40. The Bertz CT molecular complexity index is 651. The molecule has 0 aliphatic rings. The van der Waals surface area contributed by atoms with Crippen LogP contribution >= 0.6 is 0 Å². The van der Waals surface area contributed by atoms with E-state index in [1.807, 2.05) is 32.0 Å². The number of hydrogen-bond donors (Lipinski definition) is 2. The Kier molecular flexibility index (Phi) is 4.15. The Labute approximate surface area is 117 Å². The molecule has 0 bridgehead atoms. The Balaban J connectivity index is 2.28. The van der Waals surface area contributed by atoms with Crippen LogP contribution in [-0.2, 0) is 4.79 Å². The zero-order valence-corrected chi connectivity index (χ0v) is 11.4. The maximum atomic E-state index is 12.3. The number of para-hydroxylation sites is 1. The second kappa shape index (κ2) is 6.02. The molecule has 2 rings (SSSR count). The minimum absolute atomic E-state index is 0.247. The lowest BCUT2D eigenvalue weighted by Crippen LogP contribution is -2.15. The van der Waals surface area contributed by atoms with Crippen LogP contribution in [0.25, 0.3) is 0 Å². The fourth-order valence-corrected chi connectivity index (χ4v) is 1.95. The first-order valence-corrected chi connectivity index (χ1v) is 6.30. The standard InChI is InChI=1S/C16H16N2O2/c1-11-6-5-9-14(12(11)2)18-16(20)13-7-3-4-8-15(13)17-10-19/h3-10H,1-2H3,(H,17,19)(H,18,20). The number of carbonyl (C=O) groups excluding carboxylic acids is 2. The number of benzene rings is 2. The van der Waals surface area contributed by atoms with Gasteiger partial charge in [-0.1, -0.05) is 24.3 Å². The zero-order valence-electron chi connectivity index (χ0n) is 11.4. The second-order valence-corrected chi connectivity index (χ2v) is 4.51. The molecule has 2 amide bonds. The summed E-state index contributed by atoms with van der Waals surface area (Å²) in [6, 6.07) is 12.6. The van der Waals surface area contributed by atoms with Gasteiger partial charge in [-0.05, 0) is 43.2 Å². The number of anilines is 2. The molecule has 0 spiro atoms. The minimum Gasteiger partial charge on any atom is -0.328 e. The Hall–Kier alpha value is -2.62. The fraction of sp³-hybridized carbons (Fsp3) is 0.125. The van der Waals surface area contributed by atoms with Gasteiger partial charge in [-0.3, -0.25) is 9.59 Å². The van der Waals surface area contributed by atoms with E-state index in [9.17, 15) is 9.59 Å². The molecule has 0 radical (unpaired) electrons. The van der Waals surface area contributed by atoms with Crippen molar-refractivity contribution in [1.29, 1.82) is 0 Å². The SMILES string of the molecule is Cc1cccc(NC(=O)c2ccccc2NC=O)c1C. The highest BCUT2D eigenvalue weighted by Crippen LogP contribution is 2.21. The largest absolute Gasteiger partial charge is 0.328 e. The molecule has 0 heterocycles. The monoisotopic (exact) mass is 268 g/mol. The van der Waals surface area contributed by atoms with E-state index in [1.165, 1.54) is 0 Å². The molecular weight excluding hydrogens is 252 g/mol. The van der Waals surface area contributed by atoms with E-state index in [0.29, 0.717) is 17.7 Å². The van der Waals surface area contributed by atoms with Crippen molar-refractivity contribution in [1.82, 2.24) is 0 Å². The van der Waals surface area contributed by atoms with Gasteiger partial charge in [-0.25, -0.2) is 0 Å². The van der Waals surface area contributed by atoms with E-state index in [2.05, 4.69) is 10.6 Å². The van der Waals surface area contributed by atoms with Crippen LogP contribution in [0, 0.1) is 13.8 Å². The van der Waals surface area contributed by atoms with Crippen LogP contribution in [0.3, 0.4) is 0 Å². The van der Waals surface area contributed by atoms with E-state index in [4.69, 9.17) is 0 Å². The lowest BCUT2D eigenvalue weighted by atomic mass is 10.1. The van der Waals surface area contributed by atoms with Gasteiger partial charge >= 0.3 is 0 Å². The number of carbonyl (C=O) groups is 2. The molecule has 0 aliphatic carbocycles. The van der Waals surface area contributed by atoms with Gasteiger partial charge in [0.25, 0.3) is 5.91 Å². The molecular formula is C16H16N2O2. The third-order valence-corrected chi connectivity index (χ3v) is 3.24. The molecule has 2 aromatic carbocycles. The third kappa shape index (κ3) is 2.85. The highest BCUT2D eigenvalue weighted by Gasteiger charge is 2.12. The van der Waals surface area contributed by atoms with Crippen LogP contribution in [-0.4, -0.2) is 12.3 Å². The summed E-state index contributed by atoms with van der Waals surface area (Å²) in [7, 11) is 0. The van der Waals surface area contributed by atoms with Crippen LogP contribution in [0.15, 0.2) is 42.5 Å². The van der Waals surface area contributed by atoms with E-state index >= 15 is 0 Å². The normalized spacial score (nSPS) is 9.90. The smallest absolute Gasteiger partial charge is 0.257 e. The van der Waals surface area contributed by atoms with Gasteiger partial charge < -0.3 is 10.6 Å². The Morgan fingerprint density at radius 3 is 2.45 bits per heavy atom. The third-order valence-electron chi connectivity index (χ3n) is 3.24. The molecule has 0 aromatic heterocycles. The highest BCUT2D eigenvalue weighted by molar-refractivity contribution is 6.09. The molecule has 20 heavy (non-hydrogen) atoms. The van der Waals surface area contributed by atoms with Crippen molar-refractivity contribution in [3.63, 3.8) is 0 Å². The highest BCUT2D eigenvalue weighted by atomic mass is 16.2. The fourth-order valence-electron chi connectivity index (χ4n) is 1.95. The molecule has 0 aliphatic heterocycles. The molecule has 2 aromatic rings. The average Bonchev–Trinajstić information content (AvgIpc) is 2.45. The summed E-state index contributed by atoms with van der Waals surface area (Å²) in [4.78, 5) is 22.9. The molecule has 102 valence electrons. The van der Waals surface area contributed by atoms with Crippen LogP contribution in [0.2, 0.25) is 0 Å². The predicted octanol–water partition coefficient (Wildman–Crippen LogP) is 3.12. The van der Waals surface area contributed by atoms with Gasteiger partial charge in [-0.2, -0.15) is 0 Å². The van der Waals surface area contributed by atoms with Gasteiger partial charge in [0.1, 0.15) is 0 Å². The Morgan fingerprint density at radius 1 is 1.00 bits per heavy atom. The van der Waals surface area contributed by atoms with E-state index in [-0.39, 0.29) is 5.91 Å². The van der Waals surface area contributed by atoms with E-state index < -0.39 is 0 Å². The first kappa shape index (κ1) is 13.8. The maximum Gasteiger partial charge on any atom is 0.257 e. The van der Waals surface area contributed by atoms with Gasteiger partial charge in [-0.15, -0.1) is 0 Å². The van der Waals surface area contributed by atoms with Gasteiger partial charge in [0.05, 0.1) is 11.3 Å². The second-order valence-electron chi connectivity index (χ2n) is 4.51. The van der Waals surface area contributed by atoms with Crippen LogP contribution < -0.4 is 10.6 Å². The summed E-state index contributed by atoms with van der Waals surface area (Å²) in [5.74, 6) is -0.247.